The lowest BCUT2D eigenvalue weighted by molar-refractivity contribution is 0.0530. The molecular weight excluding hydrogens is 304 g/mol. The third-order valence-electron chi connectivity index (χ3n) is 4.39. The number of hydrogen-bond donors (Lipinski definition) is 1. The summed E-state index contributed by atoms with van der Waals surface area (Å²) < 4.78 is 11.2. The lowest BCUT2D eigenvalue weighted by Crippen LogP contribution is -2.41. The van der Waals surface area contributed by atoms with E-state index in [1.165, 1.54) is 0 Å². The SMILES string of the molecule is COc1ccccc1-c1c[nH]c2ncnc(N3CCO[C@@H](C)C3)c12. The van der Waals surface area contributed by atoms with E-state index < -0.39 is 0 Å². The number of nitrogens with one attached hydrogen (secondary N) is 1. The van der Waals surface area contributed by atoms with Crippen LogP contribution in [0.25, 0.3) is 22.2 Å². The number of H-pyrrole nitrogens is 1. The van der Waals surface area contributed by atoms with E-state index in [4.69, 9.17) is 9.47 Å². The predicted molar refractivity (Wildman–Crippen MR) is 93.5 cm³/mol. The van der Waals surface area contributed by atoms with Gasteiger partial charge < -0.3 is 19.4 Å². The molecule has 1 fully saturated rings. The molecule has 3 aromatic rings. The highest BCUT2D eigenvalue weighted by Gasteiger charge is 2.23. The van der Waals surface area contributed by atoms with E-state index in [9.17, 15) is 0 Å². The summed E-state index contributed by atoms with van der Waals surface area (Å²) in [5.74, 6) is 1.78. The molecule has 4 rings (SSSR count). The van der Waals surface area contributed by atoms with Crippen molar-refractivity contribution >= 4 is 16.9 Å². The minimum atomic E-state index is 0.192. The van der Waals surface area contributed by atoms with Gasteiger partial charge in [-0.05, 0) is 13.0 Å². The molecule has 1 atom stereocenters. The first-order valence-electron chi connectivity index (χ1n) is 8.10. The molecule has 6 nitrogen and oxygen atoms in total. The monoisotopic (exact) mass is 324 g/mol. The number of anilines is 1. The Bertz CT molecular complexity index is 861. The van der Waals surface area contributed by atoms with E-state index in [-0.39, 0.29) is 6.10 Å². The molecule has 2 aromatic heterocycles. The van der Waals surface area contributed by atoms with Gasteiger partial charge in [0.2, 0.25) is 0 Å². The summed E-state index contributed by atoms with van der Waals surface area (Å²) >= 11 is 0. The average molecular weight is 324 g/mol. The number of aromatic amines is 1. The maximum Gasteiger partial charge on any atom is 0.143 e. The first kappa shape index (κ1) is 15.0. The van der Waals surface area contributed by atoms with Gasteiger partial charge in [-0.15, -0.1) is 0 Å². The van der Waals surface area contributed by atoms with Crippen LogP contribution in [-0.4, -0.2) is 47.9 Å². The van der Waals surface area contributed by atoms with Crippen molar-refractivity contribution in [1.29, 1.82) is 0 Å². The van der Waals surface area contributed by atoms with Crippen LogP contribution in [0.4, 0.5) is 5.82 Å². The second-order valence-electron chi connectivity index (χ2n) is 5.95. The van der Waals surface area contributed by atoms with Crippen LogP contribution >= 0.6 is 0 Å². The highest BCUT2D eigenvalue weighted by Crippen LogP contribution is 2.38. The average Bonchev–Trinajstić information content (AvgIpc) is 3.05. The molecule has 0 amide bonds. The maximum absolute atomic E-state index is 5.66. The number of benzene rings is 1. The van der Waals surface area contributed by atoms with Crippen molar-refractivity contribution in [2.24, 2.45) is 0 Å². The van der Waals surface area contributed by atoms with Gasteiger partial charge in [-0.1, -0.05) is 18.2 Å². The Morgan fingerprint density at radius 3 is 2.96 bits per heavy atom. The van der Waals surface area contributed by atoms with Gasteiger partial charge in [0.15, 0.2) is 0 Å². The zero-order chi connectivity index (χ0) is 16.5. The van der Waals surface area contributed by atoms with Gasteiger partial charge >= 0.3 is 0 Å². The van der Waals surface area contributed by atoms with Crippen LogP contribution in [0.3, 0.4) is 0 Å². The number of nitrogens with zero attached hydrogens (tertiary/aromatic N) is 3. The molecule has 0 saturated carbocycles. The minimum Gasteiger partial charge on any atom is -0.496 e. The zero-order valence-electron chi connectivity index (χ0n) is 13.8. The lowest BCUT2D eigenvalue weighted by Gasteiger charge is -2.32. The Kier molecular flexibility index (Phi) is 3.82. The van der Waals surface area contributed by atoms with Crippen LogP contribution in [0.1, 0.15) is 6.92 Å². The molecule has 0 radical (unpaired) electrons. The number of ether oxygens (including phenoxy) is 2. The van der Waals surface area contributed by atoms with Gasteiger partial charge in [-0.2, -0.15) is 0 Å². The van der Waals surface area contributed by atoms with Crippen molar-refractivity contribution in [2.45, 2.75) is 13.0 Å². The molecule has 0 aliphatic carbocycles. The number of methoxy groups -OCH3 is 1. The molecular formula is C18H20N4O2. The van der Waals surface area contributed by atoms with Crippen molar-refractivity contribution in [3.63, 3.8) is 0 Å². The summed E-state index contributed by atoms with van der Waals surface area (Å²) in [7, 11) is 1.69. The molecule has 0 bridgehead atoms. The minimum absolute atomic E-state index is 0.192. The van der Waals surface area contributed by atoms with E-state index in [0.29, 0.717) is 6.61 Å². The standard InChI is InChI=1S/C18H20N4O2/c1-12-10-22(7-8-24-12)18-16-14(9-19-17(16)20-11-21-18)13-5-3-4-6-15(13)23-2/h3-6,9,11-12H,7-8,10H2,1-2H3,(H,19,20,21)/t12-/m0/s1. The second-order valence-corrected chi connectivity index (χ2v) is 5.95. The molecule has 1 aliphatic heterocycles. The number of morpholine rings is 1. The van der Waals surface area contributed by atoms with E-state index in [0.717, 1.165) is 46.8 Å². The summed E-state index contributed by atoms with van der Waals surface area (Å²) in [5.41, 5.74) is 2.92. The van der Waals surface area contributed by atoms with Crippen molar-refractivity contribution in [3.8, 4) is 16.9 Å². The third kappa shape index (κ3) is 2.49. The van der Waals surface area contributed by atoms with Gasteiger partial charge in [0.05, 0.1) is 25.2 Å². The molecule has 24 heavy (non-hydrogen) atoms. The van der Waals surface area contributed by atoms with Gasteiger partial charge in [-0.25, -0.2) is 9.97 Å². The molecule has 6 heteroatoms. The summed E-state index contributed by atoms with van der Waals surface area (Å²) in [6.45, 7) is 4.44. The Hall–Kier alpha value is -2.60. The Labute approximate surface area is 140 Å². The van der Waals surface area contributed by atoms with Crippen molar-refractivity contribution in [1.82, 2.24) is 15.0 Å². The normalized spacial score (nSPS) is 18.1. The molecule has 124 valence electrons. The second kappa shape index (κ2) is 6.13. The smallest absolute Gasteiger partial charge is 0.143 e. The van der Waals surface area contributed by atoms with Gasteiger partial charge in [0, 0.05) is 30.4 Å². The Morgan fingerprint density at radius 2 is 2.12 bits per heavy atom. The number of para-hydroxylation sites is 1. The summed E-state index contributed by atoms with van der Waals surface area (Å²) in [6.07, 6.45) is 3.78. The van der Waals surface area contributed by atoms with Crippen LogP contribution in [0.2, 0.25) is 0 Å². The van der Waals surface area contributed by atoms with Crippen LogP contribution in [0.15, 0.2) is 36.8 Å². The quantitative estimate of drug-likeness (QED) is 0.802. The Balaban J connectivity index is 1.89. The molecule has 1 N–H and O–H groups in total. The molecule has 1 aromatic carbocycles. The van der Waals surface area contributed by atoms with Crippen LogP contribution in [0.5, 0.6) is 5.75 Å². The van der Waals surface area contributed by atoms with E-state index in [1.54, 1.807) is 13.4 Å². The summed E-state index contributed by atoms with van der Waals surface area (Å²) in [5, 5.41) is 1.02. The maximum atomic E-state index is 5.66. The third-order valence-corrected chi connectivity index (χ3v) is 4.39. The summed E-state index contributed by atoms with van der Waals surface area (Å²) in [4.78, 5) is 14.5. The van der Waals surface area contributed by atoms with Crippen molar-refractivity contribution in [2.75, 3.05) is 31.7 Å². The highest BCUT2D eigenvalue weighted by atomic mass is 16.5. The number of rotatable bonds is 3. The molecule has 1 saturated heterocycles. The van der Waals surface area contributed by atoms with E-state index >= 15 is 0 Å². The molecule has 0 spiro atoms. The molecule has 3 heterocycles. The number of fused-ring (bicyclic) bond motifs is 1. The molecule has 0 unspecified atom stereocenters. The number of hydrogen-bond acceptors (Lipinski definition) is 5. The fourth-order valence-electron chi connectivity index (χ4n) is 3.28. The first-order valence-corrected chi connectivity index (χ1v) is 8.10. The highest BCUT2D eigenvalue weighted by molar-refractivity contribution is 6.02. The number of aromatic nitrogens is 3. The largest absolute Gasteiger partial charge is 0.496 e. The first-order chi connectivity index (χ1) is 11.8. The Morgan fingerprint density at radius 1 is 1.25 bits per heavy atom. The fraction of sp³-hybridized carbons (Fsp3) is 0.333. The van der Waals surface area contributed by atoms with E-state index in [1.807, 2.05) is 24.4 Å². The van der Waals surface area contributed by atoms with Gasteiger partial charge in [0.25, 0.3) is 0 Å². The topological polar surface area (TPSA) is 63.3 Å². The lowest BCUT2D eigenvalue weighted by atomic mass is 10.0. The predicted octanol–water partition coefficient (Wildman–Crippen LogP) is 2.86. The van der Waals surface area contributed by atoms with Crippen LogP contribution in [0, 0.1) is 0 Å². The zero-order valence-corrected chi connectivity index (χ0v) is 13.8. The van der Waals surface area contributed by atoms with Crippen molar-refractivity contribution < 1.29 is 9.47 Å². The van der Waals surface area contributed by atoms with Crippen LogP contribution in [-0.2, 0) is 4.74 Å². The van der Waals surface area contributed by atoms with Gasteiger partial charge in [-0.3, -0.25) is 0 Å². The van der Waals surface area contributed by atoms with E-state index in [2.05, 4.69) is 32.8 Å². The summed E-state index contributed by atoms with van der Waals surface area (Å²) in [6, 6.07) is 8.00. The fourth-order valence-corrected chi connectivity index (χ4v) is 3.28. The van der Waals surface area contributed by atoms with Crippen LogP contribution < -0.4 is 9.64 Å². The van der Waals surface area contributed by atoms with Crippen molar-refractivity contribution in [3.05, 3.63) is 36.8 Å². The van der Waals surface area contributed by atoms with Gasteiger partial charge in [0.1, 0.15) is 23.5 Å². The molecule has 1 aliphatic rings.